The highest BCUT2D eigenvalue weighted by Crippen LogP contribution is 2.42. The molecular formula is C13H19Cl2N2O3P. The van der Waals surface area contributed by atoms with Crippen LogP contribution in [0.5, 0.6) is 0 Å². The summed E-state index contributed by atoms with van der Waals surface area (Å²) in [5.41, 5.74) is 6.28. The third-order valence-corrected chi connectivity index (χ3v) is 4.86. The van der Waals surface area contributed by atoms with Crippen molar-refractivity contribution in [3.63, 3.8) is 0 Å². The van der Waals surface area contributed by atoms with Gasteiger partial charge in [0.25, 0.3) is 0 Å². The summed E-state index contributed by atoms with van der Waals surface area (Å²) in [7, 11) is -3.47. The number of carbonyl (C=O) groups is 1. The topological polar surface area (TPSA) is 72.6 Å². The monoisotopic (exact) mass is 352 g/mol. The Labute approximate surface area is 134 Å². The average molecular weight is 353 g/mol. The van der Waals surface area contributed by atoms with Crippen LogP contribution in [0.2, 0.25) is 0 Å². The Morgan fingerprint density at radius 3 is 2.29 bits per heavy atom. The van der Waals surface area contributed by atoms with E-state index in [1.165, 1.54) is 4.67 Å². The van der Waals surface area contributed by atoms with E-state index in [2.05, 4.69) is 0 Å². The van der Waals surface area contributed by atoms with Crippen molar-refractivity contribution >= 4 is 36.7 Å². The summed E-state index contributed by atoms with van der Waals surface area (Å²) in [5.74, 6) is 0.450. The van der Waals surface area contributed by atoms with E-state index in [9.17, 15) is 9.36 Å². The van der Waals surface area contributed by atoms with Crippen molar-refractivity contribution in [2.24, 2.45) is 5.50 Å². The van der Waals surface area contributed by atoms with Crippen molar-refractivity contribution in [2.75, 3.05) is 31.5 Å². The minimum Gasteiger partial charge on any atom is -0.306 e. The van der Waals surface area contributed by atoms with Crippen LogP contribution in [0.4, 0.5) is 0 Å². The van der Waals surface area contributed by atoms with Gasteiger partial charge in [-0.1, -0.05) is 30.3 Å². The molecule has 118 valence electrons. The van der Waals surface area contributed by atoms with E-state index in [1.807, 2.05) is 6.07 Å². The van der Waals surface area contributed by atoms with Crippen LogP contribution in [0.25, 0.3) is 0 Å². The van der Waals surface area contributed by atoms with Crippen molar-refractivity contribution in [3.05, 3.63) is 35.9 Å². The first-order valence-corrected chi connectivity index (χ1v) is 9.21. The van der Waals surface area contributed by atoms with Crippen molar-refractivity contribution in [1.29, 1.82) is 0 Å². The summed E-state index contributed by atoms with van der Waals surface area (Å²) in [6.45, 7) is 0.617. The molecule has 0 heterocycles. The van der Waals surface area contributed by atoms with Crippen LogP contribution in [0, 0.1) is 0 Å². The minimum atomic E-state index is -3.47. The molecule has 0 saturated heterocycles. The smallest absolute Gasteiger partial charge is 0.306 e. The Bertz CT molecular complexity index is 482. The molecule has 1 aromatic rings. The SMILES string of the molecule is N[P@@](=O)(OCCC(=O)c1ccccc1)N(CCCl)CCCl. The third kappa shape index (κ3) is 6.47. The molecule has 1 rings (SSSR count). The summed E-state index contributed by atoms with van der Waals surface area (Å²) < 4.78 is 18.9. The fraction of sp³-hybridized carbons (Fsp3) is 0.462. The molecule has 0 radical (unpaired) electrons. The summed E-state index contributed by atoms with van der Waals surface area (Å²) >= 11 is 11.3. The van der Waals surface area contributed by atoms with Crippen LogP contribution < -0.4 is 5.50 Å². The lowest BCUT2D eigenvalue weighted by atomic mass is 10.1. The van der Waals surface area contributed by atoms with Crippen molar-refractivity contribution < 1.29 is 13.9 Å². The lowest BCUT2D eigenvalue weighted by molar-refractivity contribution is 0.0960. The molecule has 0 unspecified atom stereocenters. The van der Waals surface area contributed by atoms with Gasteiger partial charge >= 0.3 is 7.67 Å². The van der Waals surface area contributed by atoms with Crippen LogP contribution in [-0.4, -0.2) is 41.9 Å². The van der Waals surface area contributed by atoms with Gasteiger partial charge in [0.1, 0.15) is 0 Å². The summed E-state index contributed by atoms with van der Waals surface area (Å²) in [4.78, 5) is 11.9. The average Bonchev–Trinajstić information content (AvgIpc) is 2.47. The lowest BCUT2D eigenvalue weighted by Gasteiger charge is -2.26. The van der Waals surface area contributed by atoms with Gasteiger partial charge in [0.15, 0.2) is 5.78 Å². The first kappa shape index (κ1) is 18.6. The quantitative estimate of drug-likeness (QED) is 0.398. The molecule has 0 saturated carbocycles. The van der Waals surface area contributed by atoms with Crippen LogP contribution in [0.3, 0.4) is 0 Å². The standard InChI is InChI=1S/C13H19Cl2N2O3P/c14-7-9-17(10-8-15)21(16,19)20-11-6-13(18)12-4-2-1-3-5-12/h1-5H,6-11H2,(H2,16,19)/t21-/m1/s1. The van der Waals surface area contributed by atoms with E-state index in [1.54, 1.807) is 24.3 Å². The second-order valence-corrected chi connectivity index (χ2v) is 6.98. The van der Waals surface area contributed by atoms with Gasteiger partial charge in [-0.05, 0) is 0 Å². The zero-order valence-electron chi connectivity index (χ0n) is 11.6. The summed E-state index contributed by atoms with van der Waals surface area (Å²) in [6.07, 6.45) is 0.112. The maximum absolute atomic E-state index is 12.3. The number of nitrogens with two attached hydrogens (primary N) is 1. The highest BCUT2D eigenvalue weighted by atomic mass is 35.5. The van der Waals surface area contributed by atoms with Gasteiger partial charge in [-0.2, -0.15) is 0 Å². The van der Waals surface area contributed by atoms with Gasteiger partial charge in [-0.25, -0.2) is 10.2 Å². The van der Waals surface area contributed by atoms with Crippen molar-refractivity contribution in [2.45, 2.75) is 6.42 Å². The largest absolute Gasteiger partial charge is 0.340 e. The molecular weight excluding hydrogens is 334 g/mol. The van der Waals surface area contributed by atoms with Gasteiger partial charge < -0.3 is 4.52 Å². The fourth-order valence-corrected chi connectivity index (χ4v) is 3.62. The minimum absolute atomic E-state index is 0.0113. The predicted octanol–water partition coefficient (Wildman–Crippen LogP) is 3.12. The van der Waals surface area contributed by atoms with Crippen LogP contribution >= 0.6 is 30.9 Å². The number of carbonyl (C=O) groups excluding carboxylic acids is 1. The Kier molecular flexibility index (Phi) is 8.49. The number of Topliss-reactive ketones (excluding diaryl/α,β-unsaturated/α-hetero) is 1. The van der Waals surface area contributed by atoms with Gasteiger partial charge in [0, 0.05) is 36.8 Å². The number of rotatable bonds is 10. The normalized spacial score (nSPS) is 14.1. The van der Waals surface area contributed by atoms with E-state index in [4.69, 9.17) is 33.2 Å². The Hall–Kier alpha value is -0.420. The van der Waals surface area contributed by atoms with Crippen LogP contribution in [0.15, 0.2) is 30.3 Å². The molecule has 1 atom stereocenters. The maximum Gasteiger partial charge on any atom is 0.340 e. The van der Waals surface area contributed by atoms with Gasteiger partial charge in [0.2, 0.25) is 0 Å². The Balaban J connectivity index is 2.49. The number of halogens is 2. The Morgan fingerprint density at radius 2 is 1.76 bits per heavy atom. The van der Waals surface area contributed by atoms with E-state index in [-0.39, 0.29) is 30.6 Å². The molecule has 0 aromatic heterocycles. The molecule has 0 aliphatic rings. The van der Waals surface area contributed by atoms with Crippen LogP contribution in [-0.2, 0) is 9.09 Å². The molecule has 0 bridgehead atoms. The molecule has 0 aliphatic carbocycles. The number of ketones is 1. The van der Waals surface area contributed by atoms with Gasteiger partial charge in [0.05, 0.1) is 6.61 Å². The van der Waals surface area contributed by atoms with Crippen LogP contribution in [0.1, 0.15) is 16.8 Å². The van der Waals surface area contributed by atoms with Crippen molar-refractivity contribution in [3.8, 4) is 0 Å². The van der Waals surface area contributed by atoms with E-state index >= 15 is 0 Å². The number of hydrogen-bond acceptors (Lipinski definition) is 3. The third-order valence-electron chi connectivity index (χ3n) is 2.78. The zero-order chi connectivity index (χ0) is 15.7. The summed E-state index contributed by atoms with van der Waals surface area (Å²) in [5, 5.41) is 0. The fourth-order valence-electron chi connectivity index (χ4n) is 1.70. The first-order valence-electron chi connectivity index (χ1n) is 6.50. The molecule has 0 amide bonds. The maximum atomic E-state index is 12.3. The zero-order valence-corrected chi connectivity index (χ0v) is 14.0. The second kappa shape index (κ2) is 9.57. The summed E-state index contributed by atoms with van der Waals surface area (Å²) in [6, 6.07) is 8.84. The highest BCUT2D eigenvalue weighted by Gasteiger charge is 2.26. The molecule has 0 fully saturated rings. The van der Waals surface area contributed by atoms with E-state index in [0.717, 1.165) is 0 Å². The second-order valence-electron chi connectivity index (χ2n) is 4.27. The molecule has 2 N–H and O–H groups in total. The van der Waals surface area contributed by atoms with E-state index < -0.39 is 7.67 Å². The first-order chi connectivity index (χ1) is 10.0. The number of nitrogens with zero attached hydrogens (tertiary/aromatic N) is 1. The molecule has 8 heteroatoms. The Morgan fingerprint density at radius 1 is 1.19 bits per heavy atom. The van der Waals surface area contributed by atoms with Crippen molar-refractivity contribution in [1.82, 2.24) is 4.67 Å². The number of benzene rings is 1. The lowest BCUT2D eigenvalue weighted by Crippen LogP contribution is -2.30. The molecule has 5 nitrogen and oxygen atoms in total. The molecule has 0 aliphatic heterocycles. The van der Waals surface area contributed by atoms with Gasteiger partial charge in [-0.15, -0.1) is 23.2 Å². The van der Waals surface area contributed by atoms with E-state index in [0.29, 0.717) is 18.7 Å². The number of alkyl halides is 2. The van der Waals surface area contributed by atoms with Gasteiger partial charge in [-0.3, -0.25) is 9.36 Å². The molecule has 21 heavy (non-hydrogen) atoms. The molecule has 1 aromatic carbocycles. The predicted molar refractivity (Wildman–Crippen MR) is 86.1 cm³/mol. The highest BCUT2D eigenvalue weighted by molar-refractivity contribution is 7.53. The molecule has 0 spiro atoms. The number of hydrogen-bond donors (Lipinski definition) is 1.